The molecule has 0 aliphatic heterocycles. The Bertz CT molecular complexity index is 530. The van der Waals surface area contributed by atoms with Crippen molar-refractivity contribution in [2.24, 2.45) is 0 Å². The van der Waals surface area contributed by atoms with E-state index in [9.17, 15) is 4.79 Å². The largest absolute Gasteiger partial charge is 0.359 e. The summed E-state index contributed by atoms with van der Waals surface area (Å²) < 4.78 is 0. The van der Waals surface area contributed by atoms with Gasteiger partial charge in [-0.1, -0.05) is 17.7 Å². The molecular formula is C12H12ClN3OS. The molecule has 0 amide bonds. The third-order valence-corrected chi connectivity index (χ3v) is 3.80. The average molecular weight is 282 g/mol. The lowest BCUT2D eigenvalue weighted by atomic mass is 10.3. The third kappa shape index (κ3) is 2.86. The van der Waals surface area contributed by atoms with Crippen molar-refractivity contribution in [2.45, 2.75) is 6.42 Å². The lowest BCUT2D eigenvalue weighted by molar-refractivity contribution is 0.112. The van der Waals surface area contributed by atoms with E-state index in [1.54, 1.807) is 11.3 Å². The second kappa shape index (κ2) is 5.93. The van der Waals surface area contributed by atoms with Gasteiger partial charge < -0.3 is 4.90 Å². The Hall–Kier alpha value is -1.46. The summed E-state index contributed by atoms with van der Waals surface area (Å²) in [5.74, 6) is 0.571. The zero-order valence-corrected chi connectivity index (χ0v) is 11.4. The van der Waals surface area contributed by atoms with Crippen LogP contribution in [0.15, 0.2) is 23.8 Å². The van der Waals surface area contributed by atoms with Crippen LogP contribution in [-0.2, 0) is 6.42 Å². The standard InChI is InChI=1S/C12H12ClN3OS/c1-16(5-4-9-3-2-6-18-9)12-10(7-17)11(13)14-8-15-12/h2-3,6-8H,4-5H2,1H3. The zero-order chi connectivity index (χ0) is 13.0. The first-order chi connectivity index (χ1) is 8.72. The Morgan fingerprint density at radius 2 is 2.33 bits per heavy atom. The maximum absolute atomic E-state index is 11.0. The van der Waals surface area contributed by atoms with Gasteiger partial charge in [-0.3, -0.25) is 4.79 Å². The molecule has 0 N–H and O–H groups in total. The van der Waals surface area contributed by atoms with Gasteiger partial charge in [0.25, 0.3) is 0 Å². The van der Waals surface area contributed by atoms with Crippen LogP contribution in [0.1, 0.15) is 15.2 Å². The maximum atomic E-state index is 11.0. The van der Waals surface area contributed by atoms with Gasteiger partial charge in [0.05, 0.1) is 5.56 Å². The van der Waals surface area contributed by atoms with E-state index in [-0.39, 0.29) is 5.15 Å². The van der Waals surface area contributed by atoms with Crippen molar-refractivity contribution < 1.29 is 4.79 Å². The first kappa shape index (κ1) is 13.0. The predicted octanol–water partition coefficient (Wildman–Crippen LogP) is 2.68. The Morgan fingerprint density at radius 1 is 1.50 bits per heavy atom. The second-order valence-electron chi connectivity index (χ2n) is 3.77. The predicted molar refractivity (Wildman–Crippen MR) is 73.7 cm³/mol. The number of thiophene rings is 1. The highest BCUT2D eigenvalue weighted by molar-refractivity contribution is 7.09. The molecule has 0 saturated heterocycles. The number of nitrogens with zero attached hydrogens (tertiary/aromatic N) is 3. The molecule has 0 spiro atoms. The second-order valence-corrected chi connectivity index (χ2v) is 5.16. The summed E-state index contributed by atoms with van der Waals surface area (Å²) in [4.78, 5) is 22.1. The van der Waals surface area contributed by atoms with Gasteiger partial charge in [-0.25, -0.2) is 9.97 Å². The van der Waals surface area contributed by atoms with Crippen LogP contribution in [0.4, 0.5) is 5.82 Å². The van der Waals surface area contributed by atoms with Gasteiger partial charge in [-0.05, 0) is 17.9 Å². The first-order valence-corrected chi connectivity index (χ1v) is 6.67. The number of rotatable bonds is 5. The van der Waals surface area contributed by atoms with Crippen molar-refractivity contribution >= 4 is 35.0 Å². The van der Waals surface area contributed by atoms with Crippen molar-refractivity contribution in [1.82, 2.24) is 9.97 Å². The van der Waals surface area contributed by atoms with E-state index < -0.39 is 0 Å². The molecule has 0 atom stereocenters. The molecule has 94 valence electrons. The van der Waals surface area contributed by atoms with Gasteiger partial charge in [0.2, 0.25) is 0 Å². The highest BCUT2D eigenvalue weighted by Gasteiger charge is 2.12. The Kier molecular flexibility index (Phi) is 4.28. The number of halogens is 1. The van der Waals surface area contributed by atoms with Gasteiger partial charge in [0, 0.05) is 18.5 Å². The summed E-state index contributed by atoms with van der Waals surface area (Å²) in [7, 11) is 1.89. The molecule has 2 aromatic rings. The molecule has 2 rings (SSSR count). The van der Waals surface area contributed by atoms with E-state index in [2.05, 4.69) is 16.0 Å². The number of carbonyl (C=O) groups is 1. The summed E-state index contributed by atoms with van der Waals surface area (Å²) in [6, 6.07) is 4.12. The Morgan fingerprint density at radius 3 is 3.00 bits per heavy atom. The van der Waals surface area contributed by atoms with E-state index in [0.29, 0.717) is 17.7 Å². The molecule has 0 aliphatic rings. The number of likely N-dealkylation sites (N-methyl/N-ethyl adjacent to an activating group) is 1. The van der Waals surface area contributed by atoms with Crippen LogP contribution in [0, 0.1) is 0 Å². The SMILES string of the molecule is CN(CCc1cccs1)c1ncnc(Cl)c1C=O. The minimum atomic E-state index is 0.193. The zero-order valence-electron chi connectivity index (χ0n) is 9.84. The molecule has 18 heavy (non-hydrogen) atoms. The van der Waals surface area contributed by atoms with E-state index >= 15 is 0 Å². The molecule has 4 nitrogen and oxygen atoms in total. The molecule has 6 heteroatoms. The molecule has 0 unspecified atom stereocenters. The van der Waals surface area contributed by atoms with E-state index in [1.807, 2.05) is 23.4 Å². The van der Waals surface area contributed by atoms with Crippen molar-refractivity contribution in [1.29, 1.82) is 0 Å². The quantitative estimate of drug-likeness (QED) is 0.624. The maximum Gasteiger partial charge on any atom is 0.156 e. The van der Waals surface area contributed by atoms with Crippen molar-refractivity contribution in [3.63, 3.8) is 0 Å². The third-order valence-electron chi connectivity index (χ3n) is 2.57. The molecule has 0 saturated carbocycles. The van der Waals surface area contributed by atoms with Crippen LogP contribution in [-0.4, -0.2) is 29.8 Å². The van der Waals surface area contributed by atoms with Crippen LogP contribution in [0.2, 0.25) is 5.15 Å². The Labute approximate surface area is 114 Å². The smallest absolute Gasteiger partial charge is 0.156 e. The molecule has 0 fully saturated rings. The Balaban J connectivity index is 2.11. The van der Waals surface area contributed by atoms with Crippen LogP contribution < -0.4 is 4.90 Å². The lowest BCUT2D eigenvalue weighted by Crippen LogP contribution is -2.22. The van der Waals surface area contributed by atoms with Gasteiger partial charge in [-0.15, -0.1) is 11.3 Å². The number of anilines is 1. The number of hydrogen-bond acceptors (Lipinski definition) is 5. The highest BCUT2D eigenvalue weighted by atomic mass is 35.5. The number of aromatic nitrogens is 2. The van der Waals surface area contributed by atoms with E-state index in [0.717, 1.165) is 13.0 Å². The minimum Gasteiger partial charge on any atom is -0.359 e. The van der Waals surface area contributed by atoms with Crippen LogP contribution >= 0.6 is 22.9 Å². The summed E-state index contributed by atoms with van der Waals surface area (Å²) in [5, 5.41) is 2.24. The fourth-order valence-corrected chi connectivity index (χ4v) is 2.48. The van der Waals surface area contributed by atoms with Crippen molar-refractivity contribution in [3.8, 4) is 0 Å². The van der Waals surface area contributed by atoms with Gasteiger partial charge in [0.1, 0.15) is 17.3 Å². The minimum absolute atomic E-state index is 0.193. The molecule has 2 aromatic heterocycles. The summed E-state index contributed by atoms with van der Waals surface area (Å²) >= 11 is 7.58. The number of aldehydes is 1. The highest BCUT2D eigenvalue weighted by Crippen LogP contribution is 2.20. The normalized spacial score (nSPS) is 10.3. The van der Waals surface area contributed by atoms with Crippen LogP contribution in [0.5, 0.6) is 0 Å². The fraction of sp³-hybridized carbons (Fsp3) is 0.250. The van der Waals surface area contributed by atoms with Gasteiger partial charge >= 0.3 is 0 Å². The van der Waals surface area contributed by atoms with Gasteiger partial charge in [-0.2, -0.15) is 0 Å². The summed E-state index contributed by atoms with van der Waals surface area (Å²) in [6.07, 6.45) is 2.97. The first-order valence-electron chi connectivity index (χ1n) is 5.41. The lowest BCUT2D eigenvalue weighted by Gasteiger charge is -2.19. The summed E-state index contributed by atoms with van der Waals surface area (Å²) in [5.41, 5.74) is 0.341. The van der Waals surface area contributed by atoms with E-state index in [4.69, 9.17) is 11.6 Å². The van der Waals surface area contributed by atoms with Crippen molar-refractivity contribution in [2.75, 3.05) is 18.5 Å². The number of hydrogen-bond donors (Lipinski definition) is 0. The molecule has 0 radical (unpaired) electrons. The molecule has 0 bridgehead atoms. The fourth-order valence-electron chi connectivity index (χ4n) is 1.61. The summed E-state index contributed by atoms with van der Waals surface area (Å²) in [6.45, 7) is 0.773. The average Bonchev–Trinajstić information content (AvgIpc) is 2.88. The molecule has 2 heterocycles. The number of carbonyl (C=O) groups excluding carboxylic acids is 1. The van der Waals surface area contributed by atoms with E-state index in [1.165, 1.54) is 11.2 Å². The monoisotopic (exact) mass is 281 g/mol. The molecular weight excluding hydrogens is 270 g/mol. The van der Waals surface area contributed by atoms with Crippen LogP contribution in [0.3, 0.4) is 0 Å². The van der Waals surface area contributed by atoms with Gasteiger partial charge in [0.15, 0.2) is 6.29 Å². The topological polar surface area (TPSA) is 46.1 Å². The van der Waals surface area contributed by atoms with Crippen LogP contribution in [0.25, 0.3) is 0 Å². The van der Waals surface area contributed by atoms with Crippen molar-refractivity contribution in [3.05, 3.63) is 39.4 Å². The molecule has 0 aliphatic carbocycles. The molecule has 0 aromatic carbocycles.